The molecule has 1 amide bonds. The highest BCUT2D eigenvalue weighted by Gasteiger charge is 2.32. The molecule has 0 spiro atoms. The van der Waals surface area contributed by atoms with Gasteiger partial charge in [-0.15, -0.1) is 0 Å². The molecule has 6 heteroatoms. The van der Waals surface area contributed by atoms with Crippen molar-refractivity contribution in [3.63, 3.8) is 0 Å². The third-order valence-corrected chi connectivity index (χ3v) is 3.98. The largest absolute Gasteiger partial charge is 0.480 e. The number of aromatic nitrogens is 2. The molecule has 1 aromatic heterocycles. The van der Waals surface area contributed by atoms with Crippen molar-refractivity contribution in [2.75, 3.05) is 6.54 Å². The summed E-state index contributed by atoms with van der Waals surface area (Å²) in [5.74, 6) is -0.743. The lowest BCUT2D eigenvalue weighted by atomic mass is 10.0. The number of amides is 1. The number of carboxylic acid groups (broad SMARTS) is 1. The van der Waals surface area contributed by atoms with Crippen LogP contribution >= 0.6 is 0 Å². The minimum atomic E-state index is -0.958. The fourth-order valence-electron chi connectivity index (χ4n) is 2.77. The number of carbonyl (C=O) groups excluding carboxylic acids is 1. The van der Waals surface area contributed by atoms with Gasteiger partial charge in [0.05, 0.1) is 5.56 Å². The van der Waals surface area contributed by atoms with Crippen molar-refractivity contribution >= 4 is 11.9 Å². The molecule has 0 saturated carbocycles. The van der Waals surface area contributed by atoms with Crippen LogP contribution in [-0.4, -0.2) is 44.4 Å². The number of rotatable bonds is 3. The van der Waals surface area contributed by atoms with Crippen molar-refractivity contribution in [2.24, 2.45) is 0 Å². The fraction of sp³-hybridized carbons (Fsp3) is 0.294. The number of aliphatic carboxylic acids is 1. The van der Waals surface area contributed by atoms with E-state index in [2.05, 4.69) is 9.97 Å². The highest BCUT2D eigenvalue weighted by atomic mass is 16.4. The Morgan fingerprint density at radius 1 is 1.09 bits per heavy atom. The molecule has 118 valence electrons. The molecule has 0 unspecified atom stereocenters. The van der Waals surface area contributed by atoms with Crippen LogP contribution in [0.5, 0.6) is 0 Å². The zero-order valence-electron chi connectivity index (χ0n) is 12.6. The molecule has 0 aliphatic carbocycles. The fourth-order valence-corrected chi connectivity index (χ4v) is 2.77. The highest BCUT2D eigenvalue weighted by Crippen LogP contribution is 2.20. The lowest BCUT2D eigenvalue weighted by molar-refractivity contribution is -0.143. The smallest absolute Gasteiger partial charge is 0.326 e. The Balaban J connectivity index is 1.81. The second kappa shape index (κ2) is 6.56. The summed E-state index contributed by atoms with van der Waals surface area (Å²) in [5, 5.41) is 9.27. The number of piperidine rings is 1. The first-order valence-electron chi connectivity index (χ1n) is 7.58. The molecular formula is C17H17N3O3. The quantitative estimate of drug-likeness (QED) is 0.939. The van der Waals surface area contributed by atoms with Crippen LogP contribution in [0.3, 0.4) is 0 Å². The summed E-state index contributed by atoms with van der Waals surface area (Å²) in [6, 6.07) is 8.71. The molecule has 1 aromatic carbocycles. The summed E-state index contributed by atoms with van der Waals surface area (Å²) in [6.07, 6.45) is 5.06. The van der Waals surface area contributed by atoms with Crippen LogP contribution in [0.1, 0.15) is 29.6 Å². The number of hydrogen-bond acceptors (Lipinski definition) is 4. The SMILES string of the molecule is O=C(O)[C@H]1CCCCN1C(=O)c1cnc(-c2ccccc2)nc1. The van der Waals surface area contributed by atoms with E-state index >= 15 is 0 Å². The number of benzene rings is 1. The van der Waals surface area contributed by atoms with Gasteiger partial charge in [-0.05, 0) is 19.3 Å². The van der Waals surface area contributed by atoms with Crippen LogP contribution in [0, 0.1) is 0 Å². The number of likely N-dealkylation sites (tertiary alicyclic amines) is 1. The molecule has 0 radical (unpaired) electrons. The maximum atomic E-state index is 12.5. The van der Waals surface area contributed by atoms with Crippen molar-refractivity contribution in [3.05, 3.63) is 48.3 Å². The molecule has 0 bridgehead atoms. The minimum absolute atomic E-state index is 0.317. The van der Waals surface area contributed by atoms with Crippen molar-refractivity contribution in [3.8, 4) is 11.4 Å². The van der Waals surface area contributed by atoms with E-state index in [-0.39, 0.29) is 5.91 Å². The van der Waals surface area contributed by atoms with E-state index in [1.165, 1.54) is 17.3 Å². The maximum Gasteiger partial charge on any atom is 0.326 e. The van der Waals surface area contributed by atoms with Crippen molar-refractivity contribution in [1.82, 2.24) is 14.9 Å². The first-order valence-corrected chi connectivity index (χ1v) is 7.58. The van der Waals surface area contributed by atoms with Gasteiger partial charge in [-0.3, -0.25) is 4.79 Å². The molecule has 1 saturated heterocycles. The van der Waals surface area contributed by atoms with Gasteiger partial charge in [0.25, 0.3) is 5.91 Å². The number of carbonyl (C=O) groups is 2. The number of hydrogen-bond donors (Lipinski definition) is 1. The topological polar surface area (TPSA) is 83.4 Å². The van der Waals surface area contributed by atoms with Gasteiger partial charge in [-0.1, -0.05) is 30.3 Å². The van der Waals surface area contributed by atoms with E-state index < -0.39 is 12.0 Å². The minimum Gasteiger partial charge on any atom is -0.480 e. The van der Waals surface area contributed by atoms with E-state index in [4.69, 9.17) is 0 Å². The molecule has 23 heavy (non-hydrogen) atoms. The van der Waals surface area contributed by atoms with E-state index in [0.717, 1.165) is 18.4 Å². The summed E-state index contributed by atoms with van der Waals surface area (Å²) in [4.78, 5) is 33.7. The summed E-state index contributed by atoms with van der Waals surface area (Å²) in [5.41, 5.74) is 1.19. The Bertz CT molecular complexity index is 701. The normalized spacial score (nSPS) is 17.7. The average molecular weight is 311 g/mol. The molecule has 1 aliphatic heterocycles. The molecule has 2 heterocycles. The van der Waals surface area contributed by atoms with Crippen LogP contribution in [0.15, 0.2) is 42.7 Å². The van der Waals surface area contributed by atoms with Crippen molar-refractivity contribution in [2.45, 2.75) is 25.3 Å². The Morgan fingerprint density at radius 2 is 1.78 bits per heavy atom. The molecule has 1 fully saturated rings. The Hall–Kier alpha value is -2.76. The van der Waals surface area contributed by atoms with Gasteiger partial charge >= 0.3 is 5.97 Å². The summed E-state index contributed by atoms with van der Waals surface area (Å²) < 4.78 is 0. The van der Waals surface area contributed by atoms with Crippen LogP contribution in [0.2, 0.25) is 0 Å². The summed E-state index contributed by atoms with van der Waals surface area (Å²) in [6.45, 7) is 0.455. The Morgan fingerprint density at radius 3 is 2.43 bits per heavy atom. The molecule has 2 aromatic rings. The van der Waals surface area contributed by atoms with Crippen LogP contribution < -0.4 is 0 Å². The van der Waals surface area contributed by atoms with Crippen molar-refractivity contribution < 1.29 is 14.7 Å². The molecular weight excluding hydrogens is 294 g/mol. The van der Waals surface area contributed by atoms with Crippen LogP contribution in [0.25, 0.3) is 11.4 Å². The molecule has 6 nitrogen and oxygen atoms in total. The highest BCUT2D eigenvalue weighted by molar-refractivity contribution is 5.96. The maximum absolute atomic E-state index is 12.5. The first kappa shape index (κ1) is 15.1. The monoisotopic (exact) mass is 311 g/mol. The van der Waals surface area contributed by atoms with E-state index in [9.17, 15) is 14.7 Å². The van der Waals surface area contributed by atoms with Gasteiger partial charge in [0.2, 0.25) is 0 Å². The van der Waals surface area contributed by atoms with Crippen LogP contribution in [0.4, 0.5) is 0 Å². The summed E-state index contributed by atoms with van der Waals surface area (Å²) in [7, 11) is 0. The second-order valence-corrected chi connectivity index (χ2v) is 5.51. The van der Waals surface area contributed by atoms with E-state index in [1.54, 1.807) is 0 Å². The zero-order valence-corrected chi connectivity index (χ0v) is 12.6. The number of nitrogens with zero attached hydrogens (tertiary/aromatic N) is 3. The third-order valence-electron chi connectivity index (χ3n) is 3.98. The van der Waals surface area contributed by atoms with Gasteiger partial charge in [-0.2, -0.15) is 0 Å². The molecule has 3 rings (SSSR count). The first-order chi connectivity index (χ1) is 11.2. The van der Waals surface area contributed by atoms with Gasteiger partial charge in [0.15, 0.2) is 5.82 Å². The van der Waals surface area contributed by atoms with E-state index in [1.807, 2.05) is 30.3 Å². The van der Waals surface area contributed by atoms with Crippen LogP contribution in [-0.2, 0) is 4.79 Å². The van der Waals surface area contributed by atoms with Gasteiger partial charge in [0.1, 0.15) is 6.04 Å². The molecule has 1 N–H and O–H groups in total. The second-order valence-electron chi connectivity index (χ2n) is 5.51. The predicted octanol–water partition coefficient (Wildman–Crippen LogP) is 2.22. The van der Waals surface area contributed by atoms with Gasteiger partial charge in [-0.25, -0.2) is 14.8 Å². The Labute approximate surface area is 133 Å². The Kier molecular flexibility index (Phi) is 4.32. The predicted molar refractivity (Wildman–Crippen MR) is 83.8 cm³/mol. The molecule has 1 atom stereocenters. The molecule has 1 aliphatic rings. The summed E-state index contributed by atoms with van der Waals surface area (Å²) >= 11 is 0. The van der Waals surface area contributed by atoms with Crippen molar-refractivity contribution in [1.29, 1.82) is 0 Å². The lowest BCUT2D eigenvalue weighted by Crippen LogP contribution is -2.48. The standard InChI is InChI=1S/C17H17N3O3/c21-16(20-9-5-4-8-14(20)17(22)23)13-10-18-15(19-11-13)12-6-2-1-3-7-12/h1-3,6-7,10-11,14H,4-5,8-9H2,(H,22,23)/t14-/m1/s1. The third kappa shape index (κ3) is 3.21. The lowest BCUT2D eigenvalue weighted by Gasteiger charge is -2.32. The van der Waals surface area contributed by atoms with Gasteiger partial charge in [0, 0.05) is 24.5 Å². The number of carboxylic acids is 1. The van der Waals surface area contributed by atoms with Gasteiger partial charge < -0.3 is 10.0 Å². The van der Waals surface area contributed by atoms with E-state index in [0.29, 0.717) is 24.4 Å². The average Bonchev–Trinajstić information content (AvgIpc) is 2.62. The zero-order chi connectivity index (χ0) is 16.2.